The lowest BCUT2D eigenvalue weighted by molar-refractivity contribution is 0.352. The number of rotatable bonds is 6. The lowest BCUT2D eigenvalue weighted by Crippen LogP contribution is -2.33. The third-order valence-corrected chi connectivity index (χ3v) is 4.22. The predicted octanol–water partition coefficient (Wildman–Crippen LogP) is 3.40. The molecular formula is C18H26N2. The topological polar surface area (TPSA) is 29.3 Å². The summed E-state index contributed by atoms with van der Waals surface area (Å²) in [6.07, 6.45) is 2.29. The van der Waals surface area contributed by atoms with Crippen molar-refractivity contribution in [3.05, 3.63) is 48.0 Å². The van der Waals surface area contributed by atoms with Crippen LogP contribution in [0.4, 0.5) is 0 Å². The molecule has 2 nitrogen and oxygen atoms in total. The molecule has 2 heteroatoms. The summed E-state index contributed by atoms with van der Waals surface area (Å²) in [6.45, 7) is 4.10. The second kappa shape index (κ2) is 6.38. The molecule has 0 aromatic heterocycles. The van der Waals surface area contributed by atoms with Gasteiger partial charge in [-0.05, 0) is 49.8 Å². The Balaban J connectivity index is 2.33. The van der Waals surface area contributed by atoms with Crippen molar-refractivity contribution >= 4 is 10.8 Å². The third kappa shape index (κ3) is 3.20. The van der Waals surface area contributed by atoms with Gasteiger partial charge in [0.15, 0.2) is 0 Å². The quantitative estimate of drug-likeness (QED) is 0.871. The molecule has 0 radical (unpaired) electrons. The zero-order valence-corrected chi connectivity index (χ0v) is 12.9. The monoisotopic (exact) mass is 270 g/mol. The number of hydrogen-bond acceptors (Lipinski definition) is 2. The molecule has 0 heterocycles. The minimum Gasteiger partial charge on any atom is -0.330 e. The van der Waals surface area contributed by atoms with Crippen LogP contribution in [-0.2, 0) is 5.41 Å². The summed E-state index contributed by atoms with van der Waals surface area (Å²) < 4.78 is 0. The van der Waals surface area contributed by atoms with Crippen molar-refractivity contribution in [1.29, 1.82) is 0 Å². The minimum absolute atomic E-state index is 0.0525. The Morgan fingerprint density at radius 2 is 1.75 bits per heavy atom. The van der Waals surface area contributed by atoms with Crippen molar-refractivity contribution in [2.24, 2.45) is 5.73 Å². The van der Waals surface area contributed by atoms with Gasteiger partial charge < -0.3 is 10.6 Å². The molecule has 2 aromatic carbocycles. The molecule has 0 spiro atoms. The molecule has 0 aliphatic heterocycles. The van der Waals surface area contributed by atoms with E-state index in [4.69, 9.17) is 5.73 Å². The van der Waals surface area contributed by atoms with Crippen LogP contribution in [0.3, 0.4) is 0 Å². The number of hydrogen-bond donors (Lipinski definition) is 1. The molecule has 0 aliphatic carbocycles. The summed E-state index contributed by atoms with van der Waals surface area (Å²) in [4.78, 5) is 2.24. The first-order chi connectivity index (χ1) is 9.57. The lowest BCUT2D eigenvalue weighted by Gasteiger charge is -2.30. The zero-order chi connectivity index (χ0) is 14.6. The van der Waals surface area contributed by atoms with Crippen molar-refractivity contribution < 1.29 is 0 Å². The molecule has 0 aliphatic rings. The Labute approximate surface area is 122 Å². The van der Waals surface area contributed by atoms with E-state index < -0.39 is 0 Å². The van der Waals surface area contributed by atoms with E-state index in [-0.39, 0.29) is 5.41 Å². The molecule has 0 amide bonds. The zero-order valence-electron chi connectivity index (χ0n) is 12.9. The standard InChI is InChI=1S/C18H26N2/c1-18(14-19,12-7-13-20(2)3)17-11-6-9-15-8-4-5-10-16(15)17/h4-6,8-11H,7,12-14,19H2,1-3H3/t18-/m0/s1. The lowest BCUT2D eigenvalue weighted by atomic mass is 9.76. The van der Waals surface area contributed by atoms with Crippen molar-refractivity contribution in [2.45, 2.75) is 25.2 Å². The molecule has 20 heavy (non-hydrogen) atoms. The van der Waals surface area contributed by atoms with E-state index in [2.05, 4.69) is 68.4 Å². The van der Waals surface area contributed by atoms with E-state index in [1.165, 1.54) is 22.8 Å². The van der Waals surface area contributed by atoms with Gasteiger partial charge in [-0.3, -0.25) is 0 Å². The van der Waals surface area contributed by atoms with Gasteiger partial charge in [-0.15, -0.1) is 0 Å². The second-order valence-electron chi connectivity index (χ2n) is 6.20. The first kappa shape index (κ1) is 15.0. The van der Waals surface area contributed by atoms with E-state index in [1.807, 2.05) is 0 Å². The average Bonchev–Trinajstić information content (AvgIpc) is 2.46. The molecule has 0 bridgehead atoms. The van der Waals surface area contributed by atoms with Crippen LogP contribution in [0.2, 0.25) is 0 Å². The molecular weight excluding hydrogens is 244 g/mol. The normalized spacial score (nSPS) is 14.7. The van der Waals surface area contributed by atoms with Crippen LogP contribution in [-0.4, -0.2) is 32.1 Å². The fourth-order valence-electron chi connectivity index (χ4n) is 2.88. The average molecular weight is 270 g/mol. The van der Waals surface area contributed by atoms with E-state index in [0.29, 0.717) is 6.54 Å². The van der Waals surface area contributed by atoms with Crippen molar-refractivity contribution in [2.75, 3.05) is 27.2 Å². The van der Waals surface area contributed by atoms with Crippen molar-refractivity contribution in [3.8, 4) is 0 Å². The Bertz CT molecular complexity index is 557. The highest BCUT2D eigenvalue weighted by Crippen LogP contribution is 2.33. The van der Waals surface area contributed by atoms with Gasteiger partial charge in [0, 0.05) is 12.0 Å². The molecule has 0 saturated heterocycles. The molecule has 1 atom stereocenters. The number of nitrogens with two attached hydrogens (primary N) is 1. The third-order valence-electron chi connectivity index (χ3n) is 4.22. The highest BCUT2D eigenvalue weighted by Gasteiger charge is 2.26. The predicted molar refractivity (Wildman–Crippen MR) is 88.1 cm³/mol. The van der Waals surface area contributed by atoms with Gasteiger partial charge >= 0.3 is 0 Å². The van der Waals surface area contributed by atoms with E-state index in [1.54, 1.807) is 0 Å². The van der Waals surface area contributed by atoms with Crippen LogP contribution in [0.25, 0.3) is 10.8 Å². The van der Waals surface area contributed by atoms with Crippen LogP contribution >= 0.6 is 0 Å². The summed E-state index contributed by atoms with van der Waals surface area (Å²) >= 11 is 0. The highest BCUT2D eigenvalue weighted by atomic mass is 15.0. The second-order valence-corrected chi connectivity index (χ2v) is 6.20. The van der Waals surface area contributed by atoms with Crippen LogP contribution in [0.1, 0.15) is 25.3 Å². The first-order valence-electron chi connectivity index (χ1n) is 7.40. The molecule has 108 valence electrons. The molecule has 0 unspecified atom stereocenters. The Hall–Kier alpha value is -1.38. The smallest absolute Gasteiger partial charge is 0.00539 e. The number of benzene rings is 2. The maximum absolute atomic E-state index is 6.13. The van der Waals surface area contributed by atoms with Crippen LogP contribution in [0, 0.1) is 0 Å². The van der Waals surface area contributed by atoms with Gasteiger partial charge in [-0.1, -0.05) is 49.4 Å². The van der Waals surface area contributed by atoms with Gasteiger partial charge in [0.05, 0.1) is 0 Å². The maximum atomic E-state index is 6.13. The van der Waals surface area contributed by atoms with Crippen LogP contribution in [0.15, 0.2) is 42.5 Å². The maximum Gasteiger partial charge on any atom is 0.00539 e. The van der Waals surface area contributed by atoms with Gasteiger partial charge in [0.25, 0.3) is 0 Å². The Morgan fingerprint density at radius 3 is 2.45 bits per heavy atom. The Morgan fingerprint density at radius 1 is 1.05 bits per heavy atom. The summed E-state index contributed by atoms with van der Waals surface area (Å²) in [5.74, 6) is 0. The van der Waals surface area contributed by atoms with Crippen molar-refractivity contribution in [3.63, 3.8) is 0 Å². The van der Waals surface area contributed by atoms with Gasteiger partial charge in [0.2, 0.25) is 0 Å². The number of fused-ring (bicyclic) bond motifs is 1. The molecule has 0 saturated carbocycles. The summed E-state index contributed by atoms with van der Waals surface area (Å²) in [5, 5.41) is 2.64. The molecule has 0 fully saturated rings. The fourth-order valence-corrected chi connectivity index (χ4v) is 2.88. The molecule has 2 rings (SSSR count). The van der Waals surface area contributed by atoms with Crippen molar-refractivity contribution in [1.82, 2.24) is 4.90 Å². The molecule has 2 N–H and O–H groups in total. The van der Waals surface area contributed by atoms with E-state index >= 15 is 0 Å². The summed E-state index contributed by atoms with van der Waals surface area (Å²) in [5.41, 5.74) is 7.57. The van der Waals surface area contributed by atoms with Gasteiger partial charge in [-0.2, -0.15) is 0 Å². The number of nitrogens with zero attached hydrogens (tertiary/aromatic N) is 1. The molecule has 2 aromatic rings. The van der Waals surface area contributed by atoms with E-state index in [9.17, 15) is 0 Å². The minimum atomic E-state index is 0.0525. The fraction of sp³-hybridized carbons (Fsp3) is 0.444. The largest absolute Gasteiger partial charge is 0.330 e. The summed E-state index contributed by atoms with van der Waals surface area (Å²) in [6, 6.07) is 15.2. The van der Waals surface area contributed by atoms with Crippen LogP contribution < -0.4 is 5.73 Å². The highest BCUT2D eigenvalue weighted by molar-refractivity contribution is 5.86. The van der Waals surface area contributed by atoms with E-state index in [0.717, 1.165) is 13.0 Å². The SMILES string of the molecule is CN(C)CCC[C@@](C)(CN)c1cccc2ccccc12. The van der Waals surface area contributed by atoms with Gasteiger partial charge in [0.1, 0.15) is 0 Å². The van der Waals surface area contributed by atoms with Crippen LogP contribution in [0.5, 0.6) is 0 Å². The first-order valence-corrected chi connectivity index (χ1v) is 7.40. The Kier molecular flexibility index (Phi) is 4.79. The van der Waals surface area contributed by atoms with Gasteiger partial charge in [-0.25, -0.2) is 0 Å². The summed E-state index contributed by atoms with van der Waals surface area (Å²) in [7, 11) is 4.25.